The van der Waals surface area contributed by atoms with E-state index in [1.54, 1.807) is 0 Å². The number of hydrogen-bond acceptors (Lipinski definition) is 2. The first-order valence-corrected chi connectivity index (χ1v) is 4.85. The molecule has 1 atom stereocenters. The highest BCUT2D eigenvalue weighted by atomic mass is 16.5. The van der Waals surface area contributed by atoms with Crippen LogP contribution in [0.3, 0.4) is 0 Å². The number of aromatic nitrogens is 2. The van der Waals surface area contributed by atoms with Crippen molar-refractivity contribution in [2.75, 3.05) is 0 Å². The molecule has 0 radical (unpaired) electrons. The summed E-state index contributed by atoms with van der Waals surface area (Å²) in [5.74, 6) is 0.725. The Morgan fingerprint density at radius 2 is 2.15 bits per heavy atom. The fraction of sp³-hybridized carbons (Fsp3) is 0.700. The minimum Gasteiger partial charge on any atom is -0.474 e. The smallest absolute Gasteiger partial charge is 0.232 e. The van der Waals surface area contributed by atoms with Crippen LogP contribution in [-0.2, 0) is 0 Å². The van der Waals surface area contributed by atoms with E-state index in [0.717, 1.165) is 12.3 Å². The first kappa shape index (κ1) is 10.1. The number of rotatable bonds is 4. The zero-order chi connectivity index (χ0) is 9.84. The van der Waals surface area contributed by atoms with Gasteiger partial charge in [-0.3, -0.25) is 4.68 Å². The summed E-state index contributed by atoms with van der Waals surface area (Å²) in [6.45, 7) is 8.35. The standard InChI is InChI=1S/C10H18N2O/c1-5-9(4)13-10-6-7-12(11-10)8(2)3/h6-9H,5H2,1-4H3/t9-/m0/s1. The molecule has 0 fully saturated rings. The maximum atomic E-state index is 5.56. The lowest BCUT2D eigenvalue weighted by atomic mass is 10.3. The van der Waals surface area contributed by atoms with Crippen molar-refractivity contribution < 1.29 is 4.74 Å². The summed E-state index contributed by atoms with van der Waals surface area (Å²) in [5, 5.41) is 4.29. The minimum atomic E-state index is 0.246. The Morgan fingerprint density at radius 3 is 2.62 bits per heavy atom. The number of nitrogens with zero attached hydrogens (tertiary/aromatic N) is 2. The molecule has 0 amide bonds. The third kappa shape index (κ3) is 2.76. The SMILES string of the molecule is CC[C@H](C)Oc1ccn(C(C)C)n1. The monoisotopic (exact) mass is 182 g/mol. The molecule has 3 heteroatoms. The molecule has 1 rings (SSSR count). The molecule has 0 aliphatic carbocycles. The van der Waals surface area contributed by atoms with E-state index in [2.05, 4.69) is 25.9 Å². The topological polar surface area (TPSA) is 27.1 Å². The molecule has 3 nitrogen and oxygen atoms in total. The summed E-state index contributed by atoms with van der Waals surface area (Å²) in [6.07, 6.45) is 3.20. The van der Waals surface area contributed by atoms with Gasteiger partial charge in [0, 0.05) is 18.3 Å². The van der Waals surface area contributed by atoms with Crippen molar-refractivity contribution in [1.29, 1.82) is 0 Å². The van der Waals surface area contributed by atoms with Crippen LogP contribution in [0.25, 0.3) is 0 Å². The summed E-state index contributed by atoms with van der Waals surface area (Å²) in [5.41, 5.74) is 0. The van der Waals surface area contributed by atoms with Crippen molar-refractivity contribution in [3.05, 3.63) is 12.3 Å². The molecule has 0 aliphatic rings. The van der Waals surface area contributed by atoms with Crippen LogP contribution in [0.15, 0.2) is 12.3 Å². The van der Waals surface area contributed by atoms with Gasteiger partial charge >= 0.3 is 0 Å². The Bertz CT molecular complexity index is 255. The van der Waals surface area contributed by atoms with E-state index in [4.69, 9.17) is 4.74 Å². The van der Waals surface area contributed by atoms with Crippen LogP contribution < -0.4 is 4.74 Å². The zero-order valence-corrected chi connectivity index (χ0v) is 8.82. The van der Waals surface area contributed by atoms with Gasteiger partial charge < -0.3 is 4.74 Å². The molecule has 0 unspecified atom stereocenters. The van der Waals surface area contributed by atoms with Gasteiger partial charge in [0.25, 0.3) is 0 Å². The van der Waals surface area contributed by atoms with Crippen LogP contribution in [0.4, 0.5) is 0 Å². The normalized spacial score (nSPS) is 13.3. The Kier molecular flexibility index (Phi) is 3.34. The molecule has 0 spiro atoms. The fourth-order valence-electron chi connectivity index (χ4n) is 0.961. The van der Waals surface area contributed by atoms with Gasteiger partial charge in [-0.25, -0.2) is 0 Å². The largest absolute Gasteiger partial charge is 0.474 e. The van der Waals surface area contributed by atoms with Crippen molar-refractivity contribution in [1.82, 2.24) is 9.78 Å². The van der Waals surface area contributed by atoms with Crippen LogP contribution in [0, 0.1) is 0 Å². The van der Waals surface area contributed by atoms with Crippen LogP contribution in [-0.4, -0.2) is 15.9 Å². The summed E-state index contributed by atoms with van der Waals surface area (Å²) < 4.78 is 7.46. The highest BCUT2D eigenvalue weighted by Gasteiger charge is 2.05. The lowest BCUT2D eigenvalue weighted by Gasteiger charge is -2.09. The number of ether oxygens (including phenoxy) is 1. The van der Waals surface area contributed by atoms with Gasteiger partial charge in [-0.1, -0.05) is 6.92 Å². The van der Waals surface area contributed by atoms with Gasteiger partial charge in [0.15, 0.2) is 0 Å². The van der Waals surface area contributed by atoms with Crippen molar-refractivity contribution >= 4 is 0 Å². The Balaban J connectivity index is 2.58. The Hall–Kier alpha value is -0.990. The van der Waals surface area contributed by atoms with Crippen LogP contribution in [0.5, 0.6) is 5.88 Å². The summed E-state index contributed by atoms with van der Waals surface area (Å²) in [7, 11) is 0. The van der Waals surface area contributed by atoms with E-state index in [-0.39, 0.29) is 6.10 Å². The summed E-state index contributed by atoms with van der Waals surface area (Å²) in [6, 6.07) is 2.31. The molecule has 1 aromatic rings. The fourth-order valence-corrected chi connectivity index (χ4v) is 0.961. The molecule has 1 aromatic heterocycles. The van der Waals surface area contributed by atoms with Gasteiger partial charge in [-0.2, -0.15) is 0 Å². The highest BCUT2D eigenvalue weighted by Crippen LogP contribution is 2.12. The van der Waals surface area contributed by atoms with E-state index in [1.165, 1.54) is 0 Å². The first-order chi connectivity index (χ1) is 6.13. The second kappa shape index (κ2) is 4.30. The molecule has 1 heterocycles. The van der Waals surface area contributed by atoms with Gasteiger partial charge in [0.1, 0.15) is 0 Å². The van der Waals surface area contributed by atoms with E-state index in [1.807, 2.05) is 23.9 Å². The summed E-state index contributed by atoms with van der Waals surface area (Å²) in [4.78, 5) is 0. The van der Waals surface area contributed by atoms with Crippen molar-refractivity contribution in [2.24, 2.45) is 0 Å². The number of hydrogen-bond donors (Lipinski definition) is 0. The van der Waals surface area contributed by atoms with E-state index in [0.29, 0.717) is 6.04 Å². The average Bonchev–Trinajstić information content (AvgIpc) is 2.52. The average molecular weight is 182 g/mol. The molecule has 0 N–H and O–H groups in total. The molecule has 0 aromatic carbocycles. The molecule has 0 saturated carbocycles. The molecule has 0 saturated heterocycles. The van der Waals surface area contributed by atoms with Gasteiger partial charge in [-0.15, -0.1) is 5.10 Å². The van der Waals surface area contributed by atoms with Crippen LogP contribution in [0.1, 0.15) is 40.2 Å². The van der Waals surface area contributed by atoms with Gasteiger partial charge in [0.2, 0.25) is 5.88 Å². The van der Waals surface area contributed by atoms with E-state index >= 15 is 0 Å². The van der Waals surface area contributed by atoms with E-state index < -0.39 is 0 Å². The third-order valence-corrected chi connectivity index (χ3v) is 2.01. The lowest BCUT2D eigenvalue weighted by Crippen LogP contribution is -2.10. The first-order valence-electron chi connectivity index (χ1n) is 4.85. The molecule has 74 valence electrons. The van der Waals surface area contributed by atoms with Gasteiger partial charge in [0.05, 0.1) is 6.10 Å². The Labute approximate surface area is 79.7 Å². The molecule has 0 bridgehead atoms. The van der Waals surface area contributed by atoms with Crippen molar-refractivity contribution in [2.45, 2.75) is 46.3 Å². The highest BCUT2D eigenvalue weighted by molar-refractivity contribution is 5.06. The maximum absolute atomic E-state index is 5.56. The van der Waals surface area contributed by atoms with E-state index in [9.17, 15) is 0 Å². The molecule has 13 heavy (non-hydrogen) atoms. The molecule has 0 aliphatic heterocycles. The summed E-state index contributed by atoms with van der Waals surface area (Å²) >= 11 is 0. The van der Waals surface area contributed by atoms with Crippen LogP contribution >= 0.6 is 0 Å². The zero-order valence-electron chi connectivity index (χ0n) is 8.82. The maximum Gasteiger partial charge on any atom is 0.232 e. The quantitative estimate of drug-likeness (QED) is 0.715. The van der Waals surface area contributed by atoms with Crippen molar-refractivity contribution in [3.63, 3.8) is 0 Å². The second-order valence-corrected chi connectivity index (χ2v) is 3.56. The Morgan fingerprint density at radius 1 is 1.46 bits per heavy atom. The molecular weight excluding hydrogens is 164 g/mol. The third-order valence-electron chi connectivity index (χ3n) is 2.01. The molecular formula is C10H18N2O. The van der Waals surface area contributed by atoms with Crippen LogP contribution in [0.2, 0.25) is 0 Å². The lowest BCUT2D eigenvalue weighted by molar-refractivity contribution is 0.205. The predicted molar refractivity (Wildman–Crippen MR) is 53.0 cm³/mol. The van der Waals surface area contributed by atoms with Crippen molar-refractivity contribution in [3.8, 4) is 5.88 Å². The predicted octanol–water partition coefficient (Wildman–Crippen LogP) is 2.64. The van der Waals surface area contributed by atoms with Gasteiger partial charge in [-0.05, 0) is 27.2 Å². The second-order valence-electron chi connectivity index (χ2n) is 3.56. The minimum absolute atomic E-state index is 0.246.